The molecule has 0 fully saturated rings. The Morgan fingerprint density at radius 2 is 1.76 bits per heavy atom. The second kappa shape index (κ2) is 9.07. The Morgan fingerprint density at radius 1 is 1.03 bits per heavy atom. The fourth-order valence-electron chi connectivity index (χ4n) is 2.72. The number of hydrogen-bond donors (Lipinski definition) is 2. The molecule has 0 saturated carbocycles. The first kappa shape index (κ1) is 20.8. The molecule has 0 aliphatic rings. The molecule has 29 heavy (non-hydrogen) atoms. The number of halogens is 4. The predicted octanol–water partition coefficient (Wildman–Crippen LogP) is 5.22. The van der Waals surface area contributed by atoms with Crippen molar-refractivity contribution in [1.29, 1.82) is 0 Å². The average molecular weight is 420 g/mol. The Kier molecular flexibility index (Phi) is 6.51. The molecule has 1 atom stereocenters. The number of carbonyl (C=O) groups excluding carboxylic acids is 1. The summed E-state index contributed by atoms with van der Waals surface area (Å²) in [7, 11) is 0. The first-order chi connectivity index (χ1) is 13.8. The second-order valence-electron chi connectivity index (χ2n) is 6.23. The topological polar surface area (TPSA) is 54.0 Å². The predicted molar refractivity (Wildman–Crippen MR) is 105 cm³/mol. The van der Waals surface area contributed by atoms with Crippen LogP contribution in [0.5, 0.6) is 0 Å². The lowest BCUT2D eigenvalue weighted by atomic mass is 10.1. The van der Waals surface area contributed by atoms with Crippen LogP contribution in [0, 0.1) is 0 Å². The zero-order valence-corrected chi connectivity index (χ0v) is 15.8. The fourth-order valence-corrected chi connectivity index (χ4v) is 2.88. The van der Waals surface area contributed by atoms with Gasteiger partial charge in [0.25, 0.3) is 0 Å². The third kappa shape index (κ3) is 5.56. The first-order valence-electron chi connectivity index (χ1n) is 8.70. The Balaban J connectivity index is 1.83. The summed E-state index contributed by atoms with van der Waals surface area (Å²) in [6.07, 6.45) is -2.91. The summed E-state index contributed by atoms with van der Waals surface area (Å²) in [4.78, 5) is 17.1. The number of pyridine rings is 1. The van der Waals surface area contributed by atoms with Gasteiger partial charge in [0.05, 0.1) is 22.0 Å². The molecule has 8 heteroatoms. The van der Waals surface area contributed by atoms with Crippen molar-refractivity contribution in [3.63, 3.8) is 0 Å². The van der Waals surface area contributed by atoms with Crippen molar-refractivity contribution in [2.45, 2.75) is 18.8 Å². The SMILES string of the molecule is O=C(Nc1cc(C(F)(F)F)ccc1Cl)C(NCc1ccccn1)c1ccccc1. The third-order valence-electron chi connectivity index (χ3n) is 4.16. The summed E-state index contributed by atoms with van der Waals surface area (Å²) in [5.41, 5.74) is 0.379. The van der Waals surface area contributed by atoms with E-state index in [0.717, 1.165) is 23.9 Å². The van der Waals surface area contributed by atoms with E-state index in [-0.39, 0.29) is 10.7 Å². The molecule has 1 heterocycles. The molecule has 0 bridgehead atoms. The van der Waals surface area contributed by atoms with Gasteiger partial charge < -0.3 is 5.32 Å². The molecule has 0 radical (unpaired) electrons. The van der Waals surface area contributed by atoms with Gasteiger partial charge in [-0.1, -0.05) is 48.0 Å². The van der Waals surface area contributed by atoms with Gasteiger partial charge in [-0.15, -0.1) is 0 Å². The van der Waals surface area contributed by atoms with Crippen molar-refractivity contribution >= 4 is 23.2 Å². The van der Waals surface area contributed by atoms with Crippen LogP contribution in [0.1, 0.15) is 22.9 Å². The van der Waals surface area contributed by atoms with Crippen molar-refractivity contribution in [2.24, 2.45) is 0 Å². The zero-order chi connectivity index (χ0) is 20.9. The smallest absolute Gasteiger partial charge is 0.323 e. The molecular weight excluding hydrogens is 403 g/mol. The number of benzene rings is 2. The van der Waals surface area contributed by atoms with E-state index in [1.165, 1.54) is 0 Å². The average Bonchev–Trinajstić information content (AvgIpc) is 2.70. The minimum Gasteiger partial charge on any atom is -0.323 e. The molecule has 0 spiro atoms. The van der Waals surface area contributed by atoms with Gasteiger partial charge in [0.1, 0.15) is 6.04 Å². The van der Waals surface area contributed by atoms with E-state index in [9.17, 15) is 18.0 Å². The Hall–Kier alpha value is -2.90. The molecule has 0 aliphatic carbocycles. The lowest BCUT2D eigenvalue weighted by Crippen LogP contribution is -2.33. The quantitative estimate of drug-likeness (QED) is 0.575. The Morgan fingerprint density at radius 3 is 2.41 bits per heavy atom. The molecule has 3 rings (SSSR count). The number of carbonyl (C=O) groups is 1. The van der Waals surface area contributed by atoms with Crippen molar-refractivity contribution in [3.05, 3.63) is 94.8 Å². The van der Waals surface area contributed by atoms with Crippen LogP contribution < -0.4 is 10.6 Å². The second-order valence-corrected chi connectivity index (χ2v) is 6.63. The highest BCUT2D eigenvalue weighted by atomic mass is 35.5. The molecule has 1 unspecified atom stereocenters. The van der Waals surface area contributed by atoms with E-state index in [2.05, 4.69) is 15.6 Å². The van der Waals surface area contributed by atoms with Crippen molar-refractivity contribution in [1.82, 2.24) is 10.3 Å². The number of rotatable bonds is 6. The highest BCUT2D eigenvalue weighted by Crippen LogP contribution is 2.34. The summed E-state index contributed by atoms with van der Waals surface area (Å²) in [5.74, 6) is -0.534. The molecule has 2 aromatic carbocycles. The number of amides is 1. The van der Waals surface area contributed by atoms with Crippen LogP contribution in [-0.2, 0) is 17.5 Å². The van der Waals surface area contributed by atoms with Gasteiger partial charge in [-0.05, 0) is 35.9 Å². The summed E-state index contributed by atoms with van der Waals surface area (Å²) >= 11 is 6.00. The normalized spacial score (nSPS) is 12.4. The maximum absolute atomic E-state index is 13.0. The zero-order valence-electron chi connectivity index (χ0n) is 15.1. The van der Waals surface area contributed by atoms with Crippen LogP contribution in [0.2, 0.25) is 5.02 Å². The van der Waals surface area contributed by atoms with Gasteiger partial charge >= 0.3 is 6.18 Å². The minimum atomic E-state index is -4.54. The highest BCUT2D eigenvalue weighted by molar-refractivity contribution is 6.33. The third-order valence-corrected chi connectivity index (χ3v) is 4.49. The monoisotopic (exact) mass is 419 g/mol. The molecule has 4 nitrogen and oxygen atoms in total. The largest absolute Gasteiger partial charge is 0.416 e. The molecule has 0 aliphatic heterocycles. The lowest BCUT2D eigenvalue weighted by molar-refractivity contribution is -0.137. The molecule has 0 saturated heterocycles. The van der Waals surface area contributed by atoms with Gasteiger partial charge in [0.15, 0.2) is 0 Å². The fraction of sp³-hybridized carbons (Fsp3) is 0.143. The van der Waals surface area contributed by atoms with E-state index in [4.69, 9.17) is 11.6 Å². The van der Waals surface area contributed by atoms with Crippen molar-refractivity contribution in [3.8, 4) is 0 Å². The van der Waals surface area contributed by atoms with E-state index in [1.807, 2.05) is 6.07 Å². The first-order valence-corrected chi connectivity index (χ1v) is 9.08. The number of nitrogens with one attached hydrogen (secondary N) is 2. The molecule has 150 valence electrons. The van der Waals surface area contributed by atoms with Gasteiger partial charge in [-0.25, -0.2) is 0 Å². The van der Waals surface area contributed by atoms with Crippen LogP contribution in [-0.4, -0.2) is 10.9 Å². The van der Waals surface area contributed by atoms with Crippen LogP contribution in [0.3, 0.4) is 0 Å². The molecular formula is C21H17ClF3N3O. The molecule has 1 amide bonds. The summed E-state index contributed by atoms with van der Waals surface area (Å²) in [5, 5.41) is 5.62. The van der Waals surface area contributed by atoms with E-state index < -0.39 is 23.7 Å². The van der Waals surface area contributed by atoms with E-state index >= 15 is 0 Å². The van der Waals surface area contributed by atoms with Gasteiger partial charge in [-0.2, -0.15) is 13.2 Å². The number of aromatic nitrogens is 1. The van der Waals surface area contributed by atoms with Crippen molar-refractivity contribution in [2.75, 3.05) is 5.32 Å². The summed E-state index contributed by atoms with van der Waals surface area (Å²) in [6.45, 7) is 0.296. The number of alkyl halides is 3. The molecule has 3 aromatic rings. The molecule has 2 N–H and O–H groups in total. The Labute approximate surface area is 170 Å². The van der Waals surface area contributed by atoms with Gasteiger partial charge in [0, 0.05) is 12.7 Å². The number of anilines is 1. The maximum Gasteiger partial charge on any atom is 0.416 e. The van der Waals surface area contributed by atoms with E-state index in [0.29, 0.717) is 12.1 Å². The summed E-state index contributed by atoms with van der Waals surface area (Å²) < 4.78 is 39.0. The van der Waals surface area contributed by atoms with Crippen molar-refractivity contribution < 1.29 is 18.0 Å². The summed E-state index contributed by atoms with van der Waals surface area (Å²) in [6, 6.07) is 16.2. The van der Waals surface area contributed by atoms with Gasteiger partial charge in [-0.3, -0.25) is 15.1 Å². The standard InChI is InChI=1S/C21H17ClF3N3O/c22-17-10-9-15(21(23,24)25)12-18(17)28-20(29)19(14-6-2-1-3-7-14)27-13-16-8-4-5-11-26-16/h1-12,19,27H,13H2,(H,28,29). The van der Waals surface area contributed by atoms with Crippen LogP contribution in [0.25, 0.3) is 0 Å². The number of nitrogens with zero attached hydrogens (tertiary/aromatic N) is 1. The Bertz CT molecular complexity index is 966. The maximum atomic E-state index is 13.0. The van der Waals surface area contributed by atoms with Crippen LogP contribution in [0.4, 0.5) is 18.9 Å². The lowest BCUT2D eigenvalue weighted by Gasteiger charge is -2.20. The van der Waals surface area contributed by atoms with Crippen LogP contribution >= 0.6 is 11.6 Å². The molecule has 1 aromatic heterocycles. The van der Waals surface area contributed by atoms with Crippen LogP contribution in [0.15, 0.2) is 72.9 Å². The van der Waals surface area contributed by atoms with Gasteiger partial charge in [0.2, 0.25) is 5.91 Å². The highest BCUT2D eigenvalue weighted by Gasteiger charge is 2.31. The van der Waals surface area contributed by atoms with E-state index in [1.54, 1.807) is 48.7 Å². The minimum absolute atomic E-state index is 0.0166. The number of hydrogen-bond acceptors (Lipinski definition) is 3.